The van der Waals surface area contributed by atoms with Gasteiger partial charge in [-0.2, -0.15) is 0 Å². The van der Waals surface area contributed by atoms with E-state index in [0.717, 1.165) is 32.4 Å². The predicted octanol–water partition coefficient (Wildman–Crippen LogP) is 2.69. The number of carbonyl (C=O) groups excluding carboxylic acids is 1. The Labute approximate surface area is 133 Å². The summed E-state index contributed by atoms with van der Waals surface area (Å²) in [5.74, 6) is 0.196. The van der Waals surface area contributed by atoms with Crippen molar-refractivity contribution in [3.05, 3.63) is 35.9 Å². The third kappa shape index (κ3) is 3.98. The molecule has 1 saturated carbocycles. The van der Waals surface area contributed by atoms with E-state index in [0.29, 0.717) is 5.41 Å². The summed E-state index contributed by atoms with van der Waals surface area (Å²) in [6, 6.07) is 10.7. The second-order valence-electron chi connectivity index (χ2n) is 6.38. The lowest BCUT2D eigenvalue weighted by Crippen LogP contribution is -2.48. The summed E-state index contributed by atoms with van der Waals surface area (Å²) in [5, 5.41) is 6.45. The second-order valence-corrected chi connectivity index (χ2v) is 6.38. The van der Waals surface area contributed by atoms with Crippen LogP contribution in [0.4, 0.5) is 0 Å². The second kappa shape index (κ2) is 7.28. The molecule has 0 spiro atoms. The highest BCUT2D eigenvalue weighted by Crippen LogP contribution is 2.43. The minimum Gasteiger partial charge on any atom is -0.354 e. The number of nitrogens with one attached hydrogen (secondary N) is 2. The van der Waals surface area contributed by atoms with Gasteiger partial charge in [0.05, 0.1) is 6.04 Å². The predicted molar refractivity (Wildman–Crippen MR) is 87.7 cm³/mol. The van der Waals surface area contributed by atoms with Crippen LogP contribution in [0, 0.1) is 5.41 Å². The Hall–Kier alpha value is -1.06. The number of halogens is 1. The van der Waals surface area contributed by atoms with Crippen LogP contribution in [0.5, 0.6) is 0 Å². The molecule has 1 unspecified atom stereocenters. The lowest BCUT2D eigenvalue weighted by atomic mass is 9.65. The Balaban J connectivity index is 0.00000161. The van der Waals surface area contributed by atoms with E-state index in [1.165, 1.54) is 24.8 Å². The van der Waals surface area contributed by atoms with Crippen LogP contribution < -0.4 is 10.6 Å². The Kier molecular flexibility index (Phi) is 5.65. The Morgan fingerprint density at radius 2 is 2.00 bits per heavy atom. The molecule has 2 N–H and O–H groups in total. The fourth-order valence-electron chi connectivity index (χ4n) is 3.43. The Morgan fingerprint density at radius 1 is 1.24 bits per heavy atom. The largest absolute Gasteiger partial charge is 0.354 e. The highest BCUT2D eigenvalue weighted by atomic mass is 35.5. The molecule has 0 aromatic heterocycles. The van der Waals surface area contributed by atoms with Crippen molar-refractivity contribution in [2.45, 2.75) is 44.6 Å². The lowest BCUT2D eigenvalue weighted by molar-refractivity contribution is -0.123. The van der Waals surface area contributed by atoms with E-state index in [2.05, 4.69) is 41.0 Å². The van der Waals surface area contributed by atoms with Crippen LogP contribution in [-0.2, 0) is 11.2 Å². The third-order valence-corrected chi connectivity index (χ3v) is 4.85. The number of benzene rings is 1. The van der Waals surface area contributed by atoms with E-state index in [4.69, 9.17) is 0 Å². The van der Waals surface area contributed by atoms with Gasteiger partial charge in [-0.05, 0) is 49.6 Å². The van der Waals surface area contributed by atoms with Crippen molar-refractivity contribution in [1.82, 2.24) is 10.6 Å². The lowest BCUT2D eigenvalue weighted by Gasteiger charge is -2.42. The molecule has 1 amide bonds. The first-order valence-corrected chi connectivity index (χ1v) is 7.83. The van der Waals surface area contributed by atoms with Crippen molar-refractivity contribution in [3.8, 4) is 0 Å². The molecule has 2 fully saturated rings. The Morgan fingerprint density at radius 3 is 2.57 bits per heavy atom. The van der Waals surface area contributed by atoms with Crippen molar-refractivity contribution in [1.29, 1.82) is 0 Å². The maximum Gasteiger partial charge on any atom is 0.237 e. The Bertz CT molecular complexity index is 453. The molecular weight excluding hydrogens is 284 g/mol. The highest BCUT2D eigenvalue weighted by molar-refractivity contribution is 5.85. The minimum atomic E-state index is 0. The van der Waals surface area contributed by atoms with Gasteiger partial charge in [0.25, 0.3) is 0 Å². The zero-order chi connectivity index (χ0) is 13.8. The zero-order valence-corrected chi connectivity index (χ0v) is 13.3. The van der Waals surface area contributed by atoms with Crippen molar-refractivity contribution < 1.29 is 4.79 Å². The average Bonchev–Trinajstić information content (AvgIpc) is 2.96. The third-order valence-electron chi connectivity index (χ3n) is 4.85. The summed E-state index contributed by atoms with van der Waals surface area (Å²) in [4.78, 5) is 12.1. The van der Waals surface area contributed by atoms with Gasteiger partial charge < -0.3 is 10.6 Å². The molecule has 4 heteroatoms. The van der Waals surface area contributed by atoms with Gasteiger partial charge in [-0.25, -0.2) is 0 Å². The summed E-state index contributed by atoms with van der Waals surface area (Å²) in [5.41, 5.74) is 1.69. The molecule has 1 heterocycles. The molecular formula is C17H25ClN2O. The van der Waals surface area contributed by atoms with Crippen LogP contribution >= 0.6 is 12.4 Å². The van der Waals surface area contributed by atoms with Crippen LogP contribution in [-0.4, -0.2) is 25.0 Å². The molecule has 1 aliphatic heterocycles. The van der Waals surface area contributed by atoms with Crippen molar-refractivity contribution in [2.24, 2.45) is 5.41 Å². The van der Waals surface area contributed by atoms with Gasteiger partial charge in [0.15, 0.2) is 0 Å². The first kappa shape index (κ1) is 16.3. The smallest absolute Gasteiger partial charge is 0.237 e. The first-order valence-electron chi connectivity index (χ1n) is 7.83. The van der Waals surface area contributed by atoms with Gasteiger partial charge in [-0.3, -0.25) is 4.79 Å². The van der Waals surface area contributed by atoms with E-state index < -0.39 is 0 Å². The van der Waals surface area contributed by atoms with Gasteiger partial charge in [0, 0.05) is 6.54 Å². The molecule has 1 aliphatic carbocycles. The molecule has 21 heavy (non-hydrogen) atoms. The number of amides is 1. The normalized spacial score (nSPS) is 23.0. The van der Waals surface area contributed by atoms with E-state index in [9.17, 15) is 4.79 Å². The fourth-order valence-corrected chi connectivity index (χ4v) is 3.43. The molecule has 1 saturated heterocycles. The molecule has 1 atom stereocenters. The van der Waals surface area contributed by atoms with Crippen molar-refractivity contribution in [2.75, 3.05) is 13.1 Å². The first-order chi connectivity index (χ1) is 9.77. The van der Waals surface area contributed by atoms with Gasteiger partial charge in [-0.1, -0.05) is 36.8 Å². The maximum absolute atomic E-state index is 12.1. The number of carbonyl (C=O) groups is 1. The fraction of sp³-hybridized carbons (Fsp3) is 0.588. The van der Waals surface area contributed by atoms with Gasteiger partial charge in [-0.15, -0.1) is 12.4 Å². The van der Waals surface area contributed by atoms with E-state index in [-0.39, 0.29) is 24.4 Å². The molecule has 1 aromatic rings. The van der Waals surface area contributed by atoms with Crippen LogP contribution in [0.2, 0.25) is 0 Å². The van der Waals surface area contributed by atoms with Crippen LogP contribution in [0.3, 0.4) is 0 Å². The van der Waals surface area contributed by atoms with E-state index >= 15 is 0 Å². The topological polar surface area (TPSA) is 41.1 Å². The summed E-state index contributed by atoms with van der Waals surface area (Å²) >= 11 is 0. The van der Waals surface area contributed by atoms with E-state index in [1.807, 2.05) is 0 Å². The summed E-state index contributed by atoms with van der Waals surface area (Å²) < 4.78 is 0. The summed E-state index contributed by atoms with van der Waals surface area (Å²) in [6.07, 6.45) is 6.96. The maximum atomic E-state index is 12.1. The molecule has 1 aromatic carbocycles. The van der Waals surface area contributed by atoms with Gasteiger partial charge >= 0.3 is 0 Å². The average molecular weight is 309 g/mol. The molecule has 0 bridgehead atoms. The van der Waals surface area contributed by atoms with Crippen LogP contribution in [0.25, 0.3) is 0 Å². The quantitative estimate of drug-likeness (QED) is 0.878. The highest BCUT2D eigenvalue weighted by Gasteiger charge is 2.37. The molecule has 3 rings (SSSR count). The van der Waals surface area contributed by atoms with Gasteiger partial charge in [0.2, 0.25) is 5.91 Å². The standard InChI is InChI=1S/C17H24N2O.ClH/c20-16(15-8-4-11-18-15)19-13-17(9-5-10-17)12-14-6-2-1-3-7-14;/h1-3,6-7,15,18H,4-5,8-13H2,(H,19,20);1H. The molecule has 3 nitrogen and oxygen atoms in total. The number of hydrogen-bond donors (Lipinski definition) is 2. The molecule has 0 radical (unpaired) electrons. The minimum absolute atomic E-state index is 0. The van der Waals surface area contributed by atoms with Crippen LogP contribution in [0.1, 0.15) is 37.7 Å². The molecule has 116 valence electrons. The number of rotatable bonds is 5. The summed E-state index contributed by atoms with van der Waals surface area (Å²) in [6.45, 7) is 1.81. The monoisotopic (exact) mass is 308 g/mol. The SMILES string of the molecule is Cl.O=C(NCC1(Cc2ccccc2)CCC1)C1CCCN1. The molecule has 2 aliphatic rings. The van der Waals surface area contributed by atoms with Gasteiger partial charge in [0.1, 0.15) is 0 Å². The summed E-state index contributed by atoms with van der Waals surface area (Å²) in [7, 11) is 0. The van der Waals surface area contributed by atoms with Crippen molar-refractivity contribution in [3.63, 3.8) is 0 Å². The zero-order valence-electron chi connectivity index (χ0n) is 12.4. The van der Waals surface area contributed by atoms with E-state index in [1.54, 1.807) is 0 Å². The van der Waals surface area contributed by atoms with Crippen molar-refractivity contribution >= 4 is 18.3 Å². The van der Waals surface area contributed by atoms with Crippen LogP contribution in [0.15, 0.2) is 30.3 Å². The number of hydrogen-bond acceptors (Lipinski definition) is 2.